The smallest absolute Gasteiger partial charge is 0.123 e. The highest BCUT2D eigenvalue weighted by Gasteiger charge is 2.12. The van der Waals surface area contributed by atoms with E-state index < -0.39 is 0 Å². The van der Waals surface area contributed by atoms with Gasteiger partial charge in [0.1, 0.15) is 12.1 Å². The molecule has 0 N–H and O–H groups in total. The maximum Gasteiger partial charge on any atom is 0.123 e. The van der Waals surface area contributed by atoms with Crippen LogP contribution in [0.3, 0.4) is 0 Å². The molecule has 0 unspecified atom stereocenters. The molecule has 0 saturated heterocycles. The number of carbonyl (C=O) groups is 1. The first-order valence-corrected chi connectivity index (χ1v) is 6.50. The minimum absolute atomic E-state index is 0.0974. The van der Waals surface area contributed by atoms with Crippen molar-refractivity contribution in [2.45, 2.75) is 18.8 Å². The Morgan fingerprint density at radius 1 is 1.05 bits per heavy atom. The van der Waals surface area contributed by atoms with Crippen LogP contribution >= 0.6 is 11.6 Å². The summed E-state index contributed by atoms with van der Waals surface area (Å²) in [7, 11) is 0. The van der Waals surface area contributed by atoms with Crippen LogP contribution in [0, 0.1) is 5.82 Å². The molecule has 0 aliphatic carbocycles. The molecule has 1 nitrogen and oxygen atoms in total. The van der Waals surface area contributed by atoms with E-state index >= 15 is 0 Å². The number of halogens is 2. The molecule has 0 amide bonds. The van der Waals surface area contributed by atoms with Gasteiger partial charge >= 0.3 is 0 Å². The second-order valence-electron chi connectivity index (χ2n) is 4.48. The van der Waals surface area contributed by atoms with Gasteiger partial charge in [-0.05, 0) is 47.7 Å². The van der Waals surface area contributed by atoms with Gasteiger partial charge in [-0.1, -0.05) is 35.9 Å². The van der Waals surface area contributed by atoms with Gasteiger partial charge in [0.05, 0.1) is 0 Å². The Bertz CT molecular complexity index is 534. The van der Waals surface area contributed by atoms with Gasteiger partial charge in [0.25, 0.3) is 0 Å². The molecule has 0 saturated carbocycles. The van der Waals surface area contributed by atoms with Crippen LogP contribution in [0.5, 0.6) is 0 Å². The Hall–Kier alpha value is -1.67. The number of benzene rings is 2. The molecule has 2 aromatic rings. The molecule has 0 aliphatic rings. The first kappa shape index (κ1) is 13.8. The Morgan fingerprint density at radius 2 is 1.68 bits per heavy atom. The van der Waals surface area contributed by atoms with Crippen LogP contribution in [-0.2, 0) is 11.2 Å². The molecule has 0 fully saturated rings. The predicted octanol–water partition coefficient (Wildman–Crippen LogP) is 4.39. The molecular weight excluding hydrogens is 263 g/mol. The molecule has 0 aromatic heterocycles. The zero-order chi connectivity index (χ0) is 13.7. The fourth-order valence-corrected chi connectivity index (χ4v) is 2.22. The van der Waals surface area contributed by atoms with Gasteiger partial charge in [-0.15, -0.1) is 0 Å². The summed E-state index contributed by atoms with van der Waals surface area (Å²) >= 11 is 5.86. The van der Waals surface area contributed by atoms with E-state index in [4.69, 9.17) is 11.6 Å². The average Bonchev–Trinajstić information content (AvgIpc) is 2.42. The largest absolute Gasteiger partial charge is 0.303 e. The van der Waals surface area contributed by atoms with Crippen LogP contribution < -0.4 is 0 Å². The summed E-state index contributed by atoms with van der Waals surface area (Å²) in [6, 6.07) is 13.9. The zero-order valence-electron chi connectivity index (χ0n) is 10.4. The van der Waals surface area contributed by atoms with Crippen LogP contribution in [0.1, 0.15) is 23.5 Å². The summed E-state index contributed by atoms with van der Waals surface area (Å²) in [5.74, 6) is -0.151. The molecule has 0 spiro atoms. The molecule has 3 heteroatoms. The van der Waals surface area contributed by atoms with Gasteiger partial charge in [-0.3, -0.25) is 0 Å². The Balaban J connectivity index is 2.18. The van der Waals surface area contributed by atoms with Crippen molar-refractivity contribution in [1.82, 2.24) is 0 Å². The summed E-state index contributed by atoms with van der Waals surface area (Å²) in [4.78, 5) is 10.8. The SMILES string of the molecule is O=CC[C@@H](Cc1ccc(F)cc1)c1ccc(Cl)cc1. The third-order valence-corrected chi connectivity index (χ3v) is 3.37. The van der Waals surface area contributed by atoms with E-state index in [2.05, 4.69) is 0 Å². The van der Waals surface area contributed by atoms with Gasteiger partial charge in [0, 0.05) is 11.4 Å². The highest BCUT2D eigenvalue weighted by atomic mass is 35.5. The highest BCUT2D eigenvalue weighted by Crippen LogP contribution is 2.25. The van der Waals surface area contributed by atoms with Crippen LogP contribution in [0.25, 0.3) is 0 Å². The first-order valence-electron chi connectivity index (χ1n) is 6.12. The number of hydrogen-bond donors (Lipinski definition) is 0. The first-order chi connectivity index (χ1) is 9.19. The molecule has 98 valence electrons. The molecule has 0 aliphatic heterocycles. The van der Waals surface area contributed by atoms with E-state index in [1.54, 1.807) is 12.1 Å². The zero-order valence-corrected chi connectivity index (χ0v) is 11.1. The summed E-state index contributed by atoms with van der Waals surface area (Å²) in [5, 5.41) is 0.676. The molecule has 2 aromatic carbocycles. The highest BCUT2D eigenvalue weighted by molar-refractivity contribution is 6.30. The normalized spacial score (nSPS) is 12.1. The number of hydrogen-bond acceptors (Lipinski definition) is 1. The lowest BCUT2D eigenvalue weighted by molar-refractivity contribution is -0.108. The van der Waals surface area contributed by atoms with E-state index in [0.29, 0.717) is 17.9 Å². The standard InChI is InChI=1S/C16H14ClFO/c17-15-5-3-13(4-6-15)14(9-10-19)11-12-1-7-16(18)8-2-12/h1-8,10,14H,9,11H2/t14-/m0/s1. The third kappa shape index (κ3) is 3.90. The average molecular weight is 277 g/mol. The number of carbonyl (C=O) groups excluding carboxylic acids is 1. The van der Waals surface area contributed by atoms with Crippen molar-refractivity contribution in [2.24, 2.45) is 0 Å². The van der Waals surface area contributed by atoms with Crippen LogP contribution in [-0.4, -0.2) is 6.29 Å². The van der Waals surface area contributed by atoms with Crippen molar-refractivity contribution in [2.75, 3.05) is 0 Å². The maximum absolute atomic E-state index is 12.9. The third-order valence-electron chi connectivity index (χ3n) is 3.12. The fourth-order valence-electron chi connectivity index (χ4n) is 2.09. The van der Waals surface area contributed by atoms with Crippen LogP contribution in [0.2, 0.25) is 5.02 Å². The summed E-state index contributed by atoms with van der Waals surface area (Å²) < 4.78 is 12.9. The minimum atomic E-state index is -0.248. The summed E-state index contributed by atoms with van der Waals surface area (Å²) in [6.07, 6.45) is 2.07. The lowest BCUT2D eigenvalue weighted by Crippen LogP contribution is -2.04. The van der Waals surface area contributed by atoms with Crippen LogP contribution in [0.4, 0.5) is 4.39 Å². The quantitative estimate of drug-likeness (QED) is 0.740. The molecule has 19 heavy (non-hydrogen) atoms. The van der Waals surface area contributed by atoms with E-state index in [1.165, 1.54) is 12.1 Å². The van der Waals surface area contributed by atoms with Crippen LogP contribution in [0.15, 0.2) is 48.5 Å². The number of aldehydes is 1. The fraction of sp³-hybridized carbons (Fsp3) is 0.188. The Morgan fingerprint density at radius 3 is 2.26 bits per heavy atom. The molecule has 0 heterocycles. The van der Waals surface area contributed by atoms with E-state index in [0.717, 1.165) is 17.4 Å². The van der Waals surface area contributed by atoms with Crippen molar-refractivity contribution in [3.63, 3.8) is 0 Å². The van der Waals surface area contributed by atoms with E-state index in [1.807, 2.05) is 24.3 Å². The van der Waals surface area contributed by atoms with Gasteiger partial charge < -0.3 is 4.79 Å². The lowest BCUT2D eigenvalue weighted by Gasteiger charge is -2.15. The van der Waals surface area contributed by atoms with Crippen molar-refractivity contribution >= 4 is 17.9 Å². The molecule has 2 rings (SSSR count). The van der Waals surface area contributed by atoms with Gasteiger partial charge in [-0.25, -0.2) is 4.39 Å². The summed E-state index contributed by atoms with van der Waals surface area (Å²) in [5.41, 5.74) is 2.09. The summed E-state index contributed by atoms with van der Waals surface area (Å²) in [6.45, 7) is 0. The number of rotatable bonds is 5. The van der Waals surface area contributed by atoms with E-state index in [9.17, 15) is 9.18 Å². The second-order valence-corrected chi connectivity index (χ2v) is 4.92. The predicted molar refractivity (Wildman–Crippen MR) is 75.0 cm³/mol. The molecular formula is C16H14ClFO. The van der Waals surface area contributed by atoms with Gasteiger partial charge in [0.2, 0.25) is 0 Å². The Labute approximate surface area is 117 Å². The van der Waals surface area contributed by atoms with E-state index in [-0.39, 0.29) is 11.7 Å². The van der Waals surface area contributed by atoms with Crippen molar-refractivity contribution < 1.29 is 9.18 Å². The molecule has 1 atom stereocenters. The van der Waals surface area contributed by atoms with Crippen molar-refractivity contribution in [3.05, 3.63) is 70.5 Å². The van der Waals surface area contributed by atoms with Gasteiger partial charge in [0.15, 0.2) is 0 Å². The maximum atomic E-state index is 12.9. The molecule has 0 bridgehead atoms. The minimum Gasteiger partial charge on any atom is -0.303 e. The second kappa shape index (κ2) is 6.48. The Kier molecular flexibility index (Phi) is 4.69. The lowest BCUT2D eigenvalue weighted by atomic mass is 9.90. The molecule has 0 radical (unpaired) electrons. The topological polar surface area (TPSA) is 17.1 Å². The van der Waals surface area contributed by atoms with Crippen molar-refractivity contribution in [1.29, 1.82) is 0 Å². The van der Waals surface area contributed by atoms with Gasteiger partial charge in [-0.2, -0.15) is 0 Å². The monoisotopic (exact) mass is 276 g/mol. The van der Waals surface area contributed by atoms with Crippen molar-refractivity contribution in [3.8, 4) is 0 Å².